The molecule has 0 aromatic heterocycles. The van der Waals surface area contributed by atoms with Crippen LogP contribution in [0.25, 0.3) is 0 Å². The van der Waals surface area contributed by atoms with Gasteiger partial charge in [0.05, 0.1) is 12.5 Å². The minimum Gasteiger partial charge on any atom is -0.466 e. The first kappa shape index (κ1) is 13.3. The molecule has 1 amide bonds. The van der Waals surface area contributed by atoms with Crippen molar-refractivity contribution in [3.05, 3.63) is 0 Å². The Bertz CT molecular complexity index is 312. The van der Waals surface area contributed by atoms with Gasteiger partial charge in [-0.25, -0.2) is 0 Å². The second kappa shape index (κ2) is 6.18. The fourth-order valence-corrected chi connectivity index (χ4v) is 2.61. The van der Waals surface area contributed by atoms with E-state index in [0.717, 1.165) is 32.2 Å². The fourth-order valence-electron chi connectivity index (χ4n) is 2.61. The van der Waals surface area contributed by atoms with Crippen LogP contribution in [-0.4, -0.2) is 49.2 Å². The van der Waals surface area contributed by atoms with Crippen LogP contribution >= 0.6 is 0 Å². The summed E-state index contributed by atoms with van der Waals surface area (Å²) in [5, 5.41) is 0. The first-order valence-corrected chi connectivity index (χ1v) is 6.79. The second-order valence-electron chi connectivity index (χ2n) is 4.88. The van der Waals surface area contributed by atoms with Crippen LogP contribution in [0.5, 0.6) is 0 Å². The molecule has 0 aromatic rings. The van der Waals surface area contributed by atoms with Gasteiger partial charge in [-0.15, -0.1) is 0 Å². The van der Waals surface area contributed by atoms with Gasteiger partial charge in [0.15, 0.2) is 0 Å². The third-order valence-corrected chi connectivity index (χ3v) is 3.56. The summed E-state index contributed by atoms with van der Waals surface area (Å²) in [5.74, 6) is -0.298. The lowest BCUT2D eigenvalue weighted by molar-refractivity contribution is -0.153. The van der Waals surface area contributed by atoms with E-state index in [1.54, 1.807) is 11.8 Å². The molecule has 5 heteroatoms. The molecule has 0 saturated carbocycles. The highest BCUT2D eigenvalue weighted by atomic mass is 16.5. The van der Waals surface area contributed by atoms with E-state index in [4.69, 9.17) is 9.47 Å². The van der Waals surface area contributed by atoms with Gasteiger partial charge in [0.1, 0.15) is 6.10 Å². The standard InChI is InChI=1S/C13H21NO4/c1-2-17-13(16)10-5-3-7-14(9-10)12(15)11-6-4-8-18-11/h10-11H,2-9H2,1H3/t10-,11?/m0/s1. The predicted molar refractivity (Wildman–Crippen MR) is 64.9 cm³/mol. The zero-order valence-corrected chi connectivity index (χ0v) is 10.9. The smallest absolute Gasteiger partial charge is 0.310 e. The number of likely N-dealkylation sites (tertiary alicyclic amines) is 1. The lowest BCUT2D eigenvalue weighted by Crippen LogP contribution is -2.46. The fraction of sp³-hybridized carbons (Fsp3) is 0.846. The van der Waals surface area contributed by atoms with Crippen molar-refractivity contribution in [1.82, 2.24) is 4.90 Å². The van der Waals surface area contributed by atoms with E-state index in [0.29, 0.717) is 19.8 Å². The molecule has 0 aliphatic carbocycles. The Labute approximate surface area is 107 Å². The van der Waals surface area contributed by atoms with E-state index in [1.807, 2.05) is 0 Å². The number of carbonyl (C=O) groups is 2. The van der Waals surface area contributed by atoms with E-state index in [1.165, 1.54) is 0 Å². The lowest BCUT2D eigenvalue weighted by atomic mass is 9.97. The molecule has 0 radical (unpaired) electrons. The molecule has 0 spiro atoms. The van der Waals surface area contributed by atoms with Gasteiger partial charge in [-0.1, -0.05) is 0 Å². The third kappa shape index (κ3) is 3.02. The van der Waals surface area contributed by atoms with Crippen molar-refractivity contribution in [2.75, 3.05) is 26.3 Å². The molecule has 5 nitrogen and oxygen atoms in total. The highest BCUT2D eigenvalue weighted by Crippen LogP contribution is 2.21. The van der Waals surface area contributed by atoms with E-state index in [9.17, 15) is 9.59 Å². The summed E-state index contributed by atoms with van der Waals surface area (Å²) in [6, 6.07) is 0. The number of rotatable bonds is 3. The van der Waals surface area contributed by atoms with Crippen LogP contribution in [-0.2, 0) is 19.1 Å². The van der Waals surface area contributed by atoms with Gasteiger partial charge < -0.3 is 14.4 Å². The summed E-state index contributed by atoms with van der Waals surface area (Å²) in [6.07, 6.45) is 3.15. The van der Waals surface area contributed by atoms with Crippen LogP contribution in [0.2, 0.25) is 0 Å². The minimum absolute atomic E-state index is 0.0431. The molecule has 2 aliphatic heterocycles. The predicted octanol–water partition coefficient (Wildman–Crippen LogP) is 0.967. The van der Waals surface area contributed by atoms with Crippen molar-refractivity contribution in [2.45, 2.75) is 38.7 Å². The molecule has 0 bridgehead atoms. The molecule has 2 rings (SSSR count). The molecular weight excluding hydrogens is 234 g/mol. The van der Waals surface area contributed by atoms with Gasteiger partial charge in [0.25, 0.3) is 5.91 Å². The highest BCUT2D eigenvalue weighted by Gasteiger charge is 2.34. The summed E-state index contributed by atoms with van der Waals surface area (Å²) >= 11 is 0. The van der Waals surface area contributed by atoms with Gasteiger partial charge in [0.2, 0.25) is 0 Å². The topological polar surface area (TPSA) is 55.8 Å². The number of hydrogen-bond donors (Lipinski definition) is 0. The van der Waals surface area contributed by atoms with Crippen molar-refractivity contribution in [3.8, 4) is 0 Å². The molecule has 18 heavy (non-hydrogen) atoms. The molecule has 1 unspecified atom stereocenters. The first-order chi connectivity index (χ1) is 8.72. The normalized spacial score (nSPS) is 28.2. The Morgan fingerprint density at radius 1 is 1.33 bits per heavy atom. The average molecular weight is 255 g/mol. The maximum Gasteiger partial charge on any atom is 0.310 e. The largest absolute Gasteiger partial charge is 0.466 e. The maximum absolute atomic E-state index is 12.2. The summed E-state index contributed by atoms with van der Waals surface area (Å²) in [4.78, 5) is 25.6. The van der Waals surface area contributed by atoms with Crippen molar-refractivity contribution < 1.29 is 19.1 Å². The Hall–Kier alpha value is -1.10. The molecular formula is C13H21NO4. The first-order valence-electron chi connectivity index (χ1n) is 6.79. The summed E-state index contributed by atoms with van der Waals surface area (Å²) < 4.78 is 10.4. The number of esters is 1. The number of hydrogen-bond acceptors (Lipinski definition) is 4. The molecule has 0 N–H and O–H groups in total. The Balaban J connectivity index is 1.89. The second-order valence-corrected chi connectivity index (χ2v) is 4.88. The number of carbonyl (C=O) groups excluding carboxylic acids is 2. The van der Waals surface area contributed by atoms with Gasteiger partial charge >= 0.3 is 5.97 Å². The van der Waals surface area contributed by atoms with Crippen molar-refractivity contribution >= 4 is 11.9 Å². The molecule has 2 saturated heterocycles. The average Bonchev–Trinajstić information content (AvgIpc) is 2.92. The molecule has 2 atom stereocenters. The molecule has 2 heterocycles. The van der Waals surface area contributed by atoms with Gasteiger partial charge in [-0.2, -0.15) is 0 Å². The summed E-state index contributed by atoms with van der Waals surface area (Å²) in [5.41, 5.74) is 0. The van der Waals surface area contributed by atoms with Gasteiger partial charge in [-0.3, -0.25) is 9.59 Å². The van der Waals surface area contributed by atoms with Crippen LogP contribution in [0.15, 0.2) is 0 Å². The van der Waals surface area contributed by atoms with E-state index in [-0.39, 0.29) is 23.9 Å². The van der Waals surface area contributed by atoms with E-state index in [2.05, 4.69) is 0 Å². The van der Waals surface area contributed by atoms with Gasteiger partial charge in [0, 0.05) is 19.7 Å². The molecule has 2 fully saturated rings. The molecule has 2 aliphatic rings. The Kier molecular flexibility index (Phi) is 4.58. The van der Waals surface area contributed by atoms with Crippen LogP contribution in [0.1, 0.15) is 32.6 Å². The number of nitrogens with zero attached hydrogens (tertiary/aromatic N) is 1. The summed E-state index contributed by atoms with van der Waals surface area (Å²) in [7, 11) is 0. The number of amides is 1. The van der Waals surface area contributed by atoms with Crippen LogP contribution in [0.4, 0.5) is 0 Å². The van der Waals surface area contributed by atoms with Crippen LogP contribution < -0.4 is 0 Å². The van der Waals surface area contributed by atoms with Crippen molar-refractivity contribution in [2.24, 2.45) is 5.92 Å². The minimum atomic E-state index is -0.286. The van der Waals surface area contributed by atoms with Crippen molar-refractivity contribution in [1.29, 1.82) is 0 Å². The van der Waals surface area contributed by atoms with Gasteiger partial charge in [-0.05, 0) is 32.6 Å². The maximum atomic E-state index is 12.2. The molecule has 102 valence electrons. The van der Waals surface area contributed by atoms with E-state index >= 15 is 0 Å². The van der Waals surface area contributed by atoms with E-state index < -0.39 is 0 Å². The third-order valence-electron chi connectivity index (χ3n) is 3.56. The highest BCUT2D eigenvalue weighted by molar-refractivity contribution is 5.82. The zero-order chi connectivity index (χ0) is 13.0. The quantitative estimate of drug-likeness (QED) is 0.705. The van der Waals surface area contributed by atoms with Crippen molar-refractivity contribution in [3.63, 3.8) is 0 Å². The monoisotopic (exact) mass is 255 g/mol. The summed E-state index contributed by atoms with van der Waals surface area (Å²) in [6.45, 7) is 4.09. The number of ether oxygens (including phenoxy) is 2. The number of piperidine rings is 1. The Morgan fingerprint density at radius 3 is 2.83 bits per heavy atom. The lowest BCUT2D eigenvalue weighted by Gasteiger charge is -2.32. The Morgan fingerprint density at radius 2 is 2.17 bits per heavy atom. The molecule has 0 aromatic carbocycles. The SMILES string of the molecule is CCOC(=O)[C@H]1CCCN(C(=O)C2CCCO2)C1. The van der Waals surface area contributed by atoms with Crippen LogP contribution in [0.3, 0.4) is 0 Å². The zero-order valence-electron chi connectivity index (χ0n) is 10.9. The van der Waals surface area contributed by atoms with Crippen LogP contribution in [0, 0.1) is 5.92 Å².